The average molecular weight is 273 g/mol. The van der Waals surface area contributed by atoms with Crippen molar-refractivity contribution in [1.29, 1.82) is 0 Å². The lowest BCUT2D eigenvalue weighted by molar-refractivity contribution is 0.111. The van der Waals surface area contributed by atoms with Crippen LogP contribution in [0.25, 0.3) is 0 Å². The third kappa shape index (κ3) is 2.13. The quantitative estimate of drug-likeness (QED) is 0.702. The van der Waals surface area contributed by atoms with Gasteiger partial charge in [0.1, 0.15) is 0 Å². The van der Waals surface area contributed by atoms with Crippen molar-refractivity contribution < 1.29 is 0 Å². The van der Waals surface area contributed by atoms with Gasteiger partial charge in [-0.25, -0.2) is 0 Å². The van der Waals surface area contributed by atoms with E-state index in [1.807, 2.05) is 0 Å². The molecule has 2 fully saturated rings. The second-order valence-corrected chi connectivity index (χ2v) is 8.01. The van der Waals surface area contributed by atoms with Crippen LogP contribution in [-0.4, -0.2) is 28.5 Å². The van der Waals surface area contributed by atoms with Crippen LogP contribution in [0.5, 0.6) is 0 Å². The van der Waals surface area contributed by atoms with E-state index in [0.29, 0.717) is 10.8 Å². The van der Waals surface area contributed by atoms with Crippen molar-refractivity contribution in [2.24, 2.45) is 0 Å². The molecule has 3 heterocycles. The Labute approximate surface area is 120 Å². The Morgan fingerprint density at radius 3 is 2.95 bits per heavy atom. The molecule has 1 aromatic carbocycles. The Kier molecular flexibility index (Phi) is 3.12. The Bertz CT molecular complexity index is 464. The maximum absolute atomic E-state index is 2.75. The summed E-state index contributed by atoms with van der Waals surface area (Å²) >= 11 is 2.29. The zero-order valence-corrected chi connectivity index (χ0v) is 12.4. The minimum Gasteiger partial charge on any atom is -0.296 e. The van der Waals surface area contributed by atoms with E-state index in [1.54, 1.807) is 11.1 Å². The van der Waals surface area contributed by atoms with E-state index in [0.717, 1.165) is 0 Å². The molecular weight excluding hydrogens is 250 g/mol. The standard InChI is InChI=1S/C17H23NS/c1-2-6-15-14(5-1)7-10-18-11-9-17(13-16(15)18)8-3-4-12-19-17/h1-2,5-6,16H,3-4,7-13H2. The molecule has 1 spiro atoms. The van der Waals surface area contributed by atoms with Gasteiger partial charge in [0.05, 0.1) is 0 Å². The fourth-order valence-electron chi connectivity index (χ4n) is 4.28. The largest absolute Gasteiger partial charge is 0.296 e. The van der Waals surface area contributed by atoms with Gasteiger partial charge in [0.15, 0.2) is 0 Å². The molecule has 0 bridgehead atoms. The fourth-order valence-corrected chi connectivity index (χ4v) is 5.86. The Balaban J connectivity index is 1.65. The highest BCUT2D eigenvalue weighted by atomic mass is 32.2. The predicted octanol–water partition coefficient (Wildman–Crippen LogP) is 4.04. The summed E-state index contributed by atoms with van der Waals surface area (Å²) in [6.45, 7) is 2.61. The molecule has 102 valence electrons. The monoisotopic (exact) mass is 273 g/mol. The number of thioether (sulfide) groups is 1. The van der Waals surface area contributed by atoms with Crippen molar-refractivity contribution in [2.45, 2.75) is 49.3 Å². The lowest BCUT2D eigenvalue weighted by Gasteiger charge is -2.50. The first-order chi connectivity index (χ1) is 9.36. The first kappa shape index (κ1) is 12.3. The molecule has 0 N–H and O–H groups in total. The van der Waals surface area contributed by atoms with Crippen LogP contribution < -0.4 is 0 Å². The maximum Gasteiger partial charge on any atom is 0.0364 e. The number of hydrogen-bond donors (Lipinski definition) is 0. The van der Waals surface area contributed by atoms with Crippen LogP contribution in [0.2, 0.25) is 0 Å². The van der Waals surface area contributed by atoms with E-state index >= 15 is 0 Å². The van der Waals surface area contributed by atoms with Gasteiger partial charge in [-0.05, 0) is 49.0 Å². The summed E-state index contributed by atoms with van der Waals surface area (Å²) in [4.78, 5) is 2.75. The molecule has 2 unspecified atom stereocenters. The third-order valence-corrected chi connectivity index (χ3v) is 7.06. The van der Waals surface area contributed by atoms with E-state index in [2.05, 4.69) is 40.9 Å². The van der Waals surface area contributed by atoms with Crippen LogP contribution >= 0.6 is 11.8 Å². The summed E-state index contributed by atoms with van der Waals surface area (Å²) < 4.78 is 0.615. The highest BCUT2D eigenvalue weighted by Crippen LogP contribution is 2.50. The van der Waals surface area contributed by atoms with Gasteiger partial charge in [-0.1, -0.05) is 30.7 Å². The van der Waals surface area contributed by atoms with Gasteiger partial charge in [-0.2, -0.15) is 11.8 Å². The highest BCUT2D eigenvalue weighted by Gasteiger charge is 2.42. The van der Waals surface area contributed by atoms with Crippen LogP contribution in [0.3, 0.4) is 0 Å². The maximum atomic E-state index is 2.75. The summed E-state index contributed by atoms with van der Waals surface area (Å²) in [5.74, 6) is 1.40. The van der Waals surface area contributed by atoms with Crippen LogP contribution in [0.15, 0.2) is 24.3 Å². The second kappa shape index (κ2) is 4.82. The molecule has 4 rings (SSSR count). The van der Waals surface area contributed by atoms with E-state index < -0.39 is 0 Å². The number of fused-ring (bicyclic) bond motifs is 3. The van der Waals surface area contributed by atoms with Crippen molar-refractivity contribution in [1.82, 2.24) is 4.90 Å². The minimum atomic E-state index is 0.615. The molecule has 3 aliphatic rings. The fraction of sp³-hybridized carbons (Fsp3) is 0.647. The Morgan fingerprint density at radius 1 is 1.11 bits per heavy atom. The van der Waals surface area contributed by atoms with Gasteiger partial charge < -0.3 is 0 Å². The van der Waals surface area contributed by atoms with Gasteiger partial charge in [0, 0.05) is 23.9 Å². The number of rotatable bonds is 0. The zero-order chi connectivity index (χ0) is 12.7. The van der Waals surface area contributed by atoms with Crippen molar-refractivity contribution in [3.05, 3.63) is 35.4 Å². The summed E-state index contributed by atoms with van der Waals surface area (Å²) in [5.41, 5.74) is 3.25. The summed E-state index contributed by atoms with van der Waals surface area (Å²) in [6, 6.07) is 9.89. The first-order valence-electron chi connectivity index (χ1n) is 7.82. The highest BCUT2D eigenvalue weighted by molar-refractivity contribution is 8.00. The average Bonchev–Trinajstić information content (AvgIpc) is 2.48. The molecular formula is C17H23NS. The van der Waals surface area contributed by atoms with E-state index in [9.17, 15) is 0 Å². The van der Waals surface area contributed by atoms with Crippen molar-refractivity contribution in [2.75, 3.05) is 18.8 Å². The number of hydrogen-bond acceptors (Lipinski definition) is 2. The lowest BCUT2D eigenvalue weighted by Crippen LogP contribution is -2.48. The van der Waals surface area contributed by atoms with Crippen molar-refractivity contribution >= 4 is 11.8 Å². The second-order valence-electron chi connectivity index (χ2n) is 6.44. The number of benzene rings is 1. The smallest absolute Gasteiger partial charge is 0.0364 e. The van der Waals surface area contributed by atoms with Gasteiger partial charge in [-0.3, -0.25) is 4.90 Å². The summed E-state index contributed by atoms with van der Waals surface area (Å²) in [5, 5.41) is 0. The molecule has 0 radical (unpaired) electrons. The first-order valence-corrected chi connectivity index (χ1v) is 8.81. The van der Waals surface area contributed by atoms with Crippen molar-refractivity contribution in [3.63, 3.8) is 0 Å². The summed E-state index contributed by atoms with van der Waals surface area (Å²) in [6.07, 6.45) is 8.45. The molecule has 0 aromatic heterocycles. The molecule has 2 atom stereocenters. The molecule has 0 saturated carbocycles. The molecule has 0 amide bonds. The van der Waals surface area contributed by atoms with Crippen LogP contribution in [0.4, 0.5) is 0 Å². The Hall–Kier alpha value is -0.470. The van der Waals surface area contributed by atoms with E-state index in [4.69, 9.17) is 0 Å². The minimum absolute atomic E-state index is 0.615. The van der Waals surface area contributed by atoms with E-state index in [-0.39, 0.29) is 0 Å². The predicted molar refractivity (Wildman–Crippen MR) is 82.7 cm³/mol. The van der Waals surface area contributed by atoms with Gasteiger partial charge in [0.25, 0.3) is 0 Å². The van der Waals surface area contributed by atoms with Crippen LogP contribution in [0.1, 0.15) is 49.3 Å². The molecule has 0 aliphatic carbocycles. The van der Waals surface area contributed by atoms with Gasteiger partial charge >= 0.3 is 0 Å². The van der Waals surface area contributed by atoms with E-state index in [1.165, 1.54) is 57.4 Å². The molecule has 1 nitrogen and oxygen atoms in total. The van der Waals surface area contributed by atoms with Gasteiger partial charge in [0.2, 0.25) is 0 Å². The molecule has 1 aromatic rings. The normalized spacial score (nSPS) is 34.8. The molecule has 19 heavy (non-hydrogen) atoms. The number of nitrogens with zero attached hydrogens (tertiary/aromatic N) is 1. The number of piperidine rings is 1. The SMILES string of the molecule is c1ccc2c(c1)CCN1CCC3(CCCCS3)CC21. The Morgan fingerprint density at radius 2 is 2.05 bits per heavy atom. The lowest BCUT2D eigenvalue weighted by atomic mass is 9.79. The zero-order valence-electron chi connectivity index (χ0n) is 11.6. The van der Waals surface area contributed by atoms with Crippen molar-refractivity contribution in [3.8, 4) is 0 Å². The van der Waals surface area contributed by atoms with Gasteiger partial charge in [-0.15, -0.1) is 0 Å². The molecule has 3 aliphatic heterocycles. The summed E-state index contributed by atoms with van der Waals surface area (Å²) in [7, 11) is 0. The topological polar surface area (TPSA) is 3.24 Å². The third-order valence-electron chi connectivity index (χ3n) is 5.38. The molecule has 2 saturated heterocycles. The van der Waals surface area contributed by atoms with Crippen LogP contribution in [-0.2, 0) is 6.42 Å². The molecule has 2 heteroatoms. The van der Waals surface area contributed by atoms with Crippen LogP contribution in [0, 0.1) is 0 Å².